The van der Waals surface area contributed by atoms with Crippen LogP contribution in [0.2, 0.25) is 0 Å². The molecule has 0 spiro atoms. The summed E-state index contributed by atoms with van der Waals surface area (Å²) in [5.74, 6) is 0. The quantitative estimate of drug-likeness (QED) is 0.0720. The second kappa shape index (κ2) is 33.3. The van der Waals surface area contributed by atoms with Gasteiger partial charge in [0.1, 0.15) is 0 Å². The zero-order chi connectivity index (χ0) is 26.0. The smallest absolute Gasteiger partial charge is 0.726 e. The van der Waals surface area contributed by atoms with Crippen molar-refractivity contribution in [2.75, 3.05) is 13.2 Å². The van der Waals surface area contributed by atoms with Gasteiger partial charge in [-0.05, 0) is 12.8 Å². The van der Waals surface area contributed by atoms with Crippen LogP contribution in [0.5, 0.6) is 0 Å². The van der Waals surface area contributed by atoms with Crippen molar-refractivity contribution < 1.29 is 85.7 Å². The summed E-state index contributed by atoms with van der Waals surface area (Å²) in [6, 6.07) is 0. The topological polar surface area (TPSA) is 133 Å². The van der Waals surface area contributed by atoms with E-state index in [9.17, 15) is 25.9 Å². The average molecular weight is 594 g/mol. The molecule has 0 aromatic rings. The Morgan fingerprint density at radius 3 is 0.833 bits per heavy atom. The van der Waals surface area contributed by atoms with E-state index in [-0.39, 0.29) is 87.7 Å². The van der Waals surface area contributed by atoms with E-state index in [1.54, 1.807) is 0 Å². The number of hydrogen-bond acceptors (Lipinski definition) is 8. The Morgan fingerprint density at radius 2 is 0.639 bits per heavy atom. The second-order valence-corrected chi connectivity index (χ2v) is 10.9. The molecule has 0 saturated heterocycles. The van der Waals surface area contributed by atoms with E-state index in [0.29, 0.717) is 12.8 Å². The molecular formula is C24H50KMgO8S2+. The second-order valence-electron chi connectivity index (χ2n) is 8.82. The third kappa shape index (κ3) is 49.1. The summed E-state index contributed by atoms with van der Waals surface area (Å²) in [6.45, 7) is 4.49. The van der Waals surface area contributed by atoms with Crippen molar-refractivity contribution in [2.24, 2.45) is 0 Å². The van der Waals surface area contributed by atoms with Crippen LogP contribution in [0.15, 0.2) is 0 Å². The van der Waals surface area contributed by atoms with Gasteiger partial charge in [0.15, 0.2) is 0 Å². The Kier molecular flexibility index (Phi) is 41.8. The van der Waals surface area contributed by atoms with Gasteiger partial charge in [-0.15, -0.1) is 0 Å². The maximum Gasteiger partial charge on any atom is 2.00 e. The summed E-state index contributed by atoms with van der Waals surface area (Å²) in [7, 11) is -8.97. The summed E-state index contributed by atoms with van der Waals surface area (Å²) >= 11 is 0. The Hall–Kier alpha value is 2.14. The molecule has 0 aliphatic rings. The van der Waals surface area contributed by atoms with Crippen LogP contribution >= 0.6 is 0 Å². The van der Waals surface area contributed by atoms with Gasteiger partial charge in [0.05, 0.1) is 13.2 Å². The molecule has 8 nitrogen and oxygen atoms in total. The predicted molar refractivity (Wildman–Crippen MR) is 141 cm³/mol. The zero-order valence-electron chi connectivity index (χ0n) is 23.3. The molecule has 0 aliphatic carbocycles. The number of unbranched alkanes of at least 4 members (excludes halogenated alkanes) is 18. The fourth-order valence-electron chi connectivity index (χ4n) is 3.50. The SMILES string of the molecule is CCCCCCCCCCCCOS(=O)(=O)[O-].CCCCCCCCCCCCOS(=O)(=O)[O-].[K+].[Mg+2]. The third-order valence-electron chi connectivity index (χ3n) is 5.45. The molecule has 0 amide bonds. The van der Waals surface area contributed by atoms with E-state index in [0.717, 1.165) is 25.7 Å². The van der Waals surface area contributed by atoms with Gasteiger partial charge in [0.25, 0.3) is 0 Å². The van der Waals surface area contributed by atoms with E-state index in [1.807, 2.05) is 0 Å². The van der Waals surface area contributed by atoms with Gasteiger partial charge in [0, 0.05) is 0 Å². The van der Waals surface area contributed by atoms with Crippen molar-refractivity contribution in [1.29, 1.82) is 0 Å². The van der Waals surface area contributed by atoms with Crippen LogP contribution in [-0.2, 0) is 29.2 Å². The molecule has 0 aromatic heterocycles. The maximum atomic E-state index is 10.1. The van der Waals surface area contributed by atoms with E-state index in [2.05, 4.69) is 22.2 Å². The molecule has 0 heterocycles. The molecule has 0 radical (unpaired) electrons. The molecule has 12 heteroatoms. The Morgan fingerprint density at radius 1 is 0.444 bits per heavy atom. The van der Waals surface area contributed by atoms with Crippen LogP contribution in [0.25, 0.3) is 0 Å². The van der Waals surface area contributed by atoms with Crippen molar-refractivity contribution >= 4 is 43.9 Å². The van der Waals surface area contributed by atoms with Crippen molar-refractivity contribution in [2.45, 2.75) is 142 Å². The van der Waals surface area contributed by atoms with Gasteiger partial charge in [-0.2, -0.15) is 0 Å². The van der Waals surface area contributed by atoms with Gasteiger partial charge < -0.3 is 9.11 Å². The zero-order valence-corrected chi connectivity index (χ0v) is 29.5. The first-order chi connectivity index (χ1) is 16.1. The minimum Gasteiger partial charge on any atom is -0.726 e. The van der Waals surface area contributed by atoms with Gasteiger partial charge in [-0.25, -0.2) is 16.8 Å². The van der Waals surface area contributed by atoms with Gasteiger partial charge in [0.2, 0.25) is 20.8 Å². The van der Waals surface area contributed by atoms with Crippen LogP contribution in [0.1, 0.15) is 142 Å². The minimum absolute atomic E-state index is 0. The van der Waals surface area contributed by atoms with Gasteiger partial charge >= 0.3 is 74.4 Å². The fraction of sp³-hybridized carbons (Fsp3) is 1.00. The van der Waals surface area contributed by atoms with Crippen LogP contribution < -0.4 is 51.4 Å². The van der Waals surface area contributed by atoms with E-state index >= 15 is 0 Å². The monoisotopic (exact) mass is 593 g/mol. The molecule has 0 fully saturated rings. The molecule has 0 rings (SSSR count). The molecule has 0 unspecified atom stereocenters. The number of hydrogen-bond donors (Lipinski definition) is 0. The van der Waals surface area contributed by atoms with E-state index in [1.165, 1.54) is 89.9 Å². The molecule has 0 bridgehead atoms. The fourth-order valence-corrected chi connectivity index (χ4v) is 4.14. The standard InChI is InChI=1S/2C12H26O4S.K.Mg/c2*1-2-3-4-5-6-7-8-9-10-11-12-16-17(13,14)15;;/h2*2-12H2,1H3,(H,13,14,15);;/q;;+1;+2/p-2. The van der Waals surface area contributed by atoms with Crippen molar-refractivity contribution in [3.8, 4) is 0 Å². The van der Waals surface area contributed by atoms with Crippen LogP contribution in [0.4, 0.5) is 0 Å². The van der Waals surface area contributed by atoms with Crippen molar-refractivity contribution in [1.82, 2.24) is 0 Å². The molecule has 0 N–H and O–H groups in total. The van der Waals surface area contributed by atoms with Crippen molar-refractivity contribution in [3.63, 3.8) is 0 Å². The van der Waals surface area contributed by atoms with Gasteiger partial charge in [-0.3, -0.25) is 8.37 Å². The normalized spacial score (nSPS) is 11.2. The minimum atomic E-state index is -4.48. The van der Waals surface area contributed by atoms with E-state index in [4.69, 9.17) is 0 Å². The van der Waals surface area contributed by atoms with Crippen molar-refractivity contribution in [3.05, 3.63) is 0 Å². The maximum absolute atomic E-state index is 10.1. The Balaban J connectivity index is -0.000000269. The first-order valence-electron chi connectivity index (χ1n) is 13.3. The first kappa shape index (κ1) is 45.1. The van der Waals surface area contributed by atoms with Crippen LogP contribution in [0, 0.1) is 0 Å². The average Bonchev–Trinajstić information content (AvgIpc) is 2.75. The Bertz CT molecular complexity index is 566. The number of rotatable bonds is 24. The summed E-state index contributed by atoms with van der Waals surface area (Å²) in [5, 5.41) is 0. The molecule has 0 aromatic carbocycles. The molecule has 36 heavy (non-hydrogen) atoms. The summed E-state index contributed by atoms with van der Waals surface area (Å²) in [4.78, 5) is 0. The van der Waals surface area contributed by atoms with Crippen LogP contribution in [0.3, 0.4) is 0 Å². The first-order valence-corrected chi connectivity index (χ1v) is 16.0. The largest absolute Gasteiger partial charge is 2.00 e. The summed E-state index contributed by atoms with van der Waals surface area (Å²) in [5.41, 5.74) is 0. The van der Waals surface area contributed by atoms with E-state index < -0.39 is 20.8 Å². The summed E-state index contributed by atoms with van der Waals surface area (Å²) < 4.78 is 68.9. The Labute approximate surface area is 281 Å². The van der Waals surface area contributed by atoms with Crippen LogP contribution in [-0.4, -0.2) is 62.2 Å². The summed E-state index contributed by atoms with van der Waals surface area (Å²) in [6.07, 6.45) is 23.4. The molecule has 0 atom stereocenters. The molecule has 0 aliphatic heterocycles. The molecule has 208 valence electrons. The van der Waals surface area contributed by atoms with Gasteiger partial charge in [-0.1, -0.05) is 129 Å². The predicted octanol–water partition coefficient (Wildman–Crippen LogP) is 3.39. The molecular weight excluding hydrogens is 544 g/mol. The molecule has 0 saturated carbocycles. The third-order valence-corrected chi connectivity index (χ3v) is 6.36.